The zero-order valence-electron chi connectivity index (χ0n) is 14.7. The van der Waals surface area contributed by atoms with E-state index in [1.165, 1.54) is 12.1 Å². The van der Waals surface area contributed by atoms with Crippen molar-refractivity contribution in [2.45, 2.75) is 0 Å². The van der Waals surface area contributed by atoms with Crippen LogP contribution >= 0.6 is 23.2 Å². The molecule has 6 nitrogen and oxygen atoms in total. The van der Waals surface area contributed by atoms with E-state index in [-0.39, 0.29) is 16.6 Å². The van der Waals surface area contributed by atoms with Gasteiger partial charge in [-0.05, 0) is 30.3 Å². The van der Waals surface area contributed by atoms with Crippen LogP contribution in [0.25, 0.3) is 0 Å². The van der Waals surface area contributed by atoms with Gasteiger partial charge in [0.1, 0.15) is 0 Å². The van der Waals surface area contributed by atoms with Crippen molar-refractivity contribution in [3.8, 4) is 0 Å². The number of nitrogens with zero attached hydrogens (tertiary/aromatic N) is 2. The fraction of sp³-hybridized carbons (Fsp3) is 0.278. The van der Waals surface area contributed by atoms with Crippen LogP contribution in [0.1, 0.15) is 10.4 Å². The molecule has 0 atom stereocenters. The minimum Gasteiger partial charge on any atom is -0.367 e. The first kappa shape index (κ1) is 19.8. The van der Waals surface area contributed by atoms with E-state index in [0.29, 0.717) is 36.8 Å². The van der Waals surface area contributed by atoms with Gasteiger partial charge in [-0.25, -0.2) is 8.42 Å². The van der Waals surface area contributed by atoms with Crippen molar-refractivity contribution in [1.29, 1.82) is 0 Å². The highest BCUT2D eigenvalue weighted by Gasteiger charge is 2.24. The Morgan fingerprint density at radius 2 is 1.67 bits per heavy atom. The van der Waals surface area contributed by atoms with Gasteiger partial charge >= 0.3 is 0 Å². The van der Waals surface area contributed by atoms with Crippen molar-refractivity contribution in [1.82, 2.24) is 4.90 Å². The van der Waals surface area contributed by atoms with Gasteiger partial charge in [0.05, 0.1) is 27.7 Å². The molecular weight excluding hydrogens is 409 g/mol. The third-order valence-electron chi connectivity index (χ3n) is 4.27. The lowest BCUT2D eigenvalue weighted by molar-refractivity contribution is 0.0747. The Morgan fingerprint density at radius 3 is 2.30 bits per heavy atom. The van der Waals surface area contributed by atoms with Crippen molar-refractivity contribution < 1.29 is 13.2 Å². The van der Waals surface area contributed by atoms with Crippen LogP contribution in [-0.2, 0) is 10.0 Å². The maximum Gasteiger partial charge on any atom is 0.254 e. The van der Waals surface area contributed by atoms with E-state index in [9.17, 15) is 13.2 Å². The monoisotopic (exact) mass is 427 g/mol. The number of halogens is 2. The molecule has 1 aliphatic heterocycles. The number of benzene rings is 2. The van der Waals surface area contributed by atoms with Crippen molar-refractivity contribution in [2.75, 3.05) is 42.1 Å². The van der Waals surface area contributed by atoms with E-state index in [1.807, 2.05) is 24.3 Å². The molecule has 9 heteroatoms. The second-order valence-electron chi connectivity index (χ2n) is 6.30. The minimum atomic E-state index is -3.49. The van der Waals surface area contributed by atoms with Gasteiger partial charge in [0.15, 0.2) is 0 Å². The van der Waals surface area contributed by atoms with Gasteiger partial charge in [-0.15, -0.1) is 0 Å². The molecule has 0 radical (unpaired) electrons. The molecule has 1 amide bonds. The first-order valence-corrected chi connectivity index (χ1v) is 11.0. The van der Waals surface area contributed by atoms with Crippen molar-refractivity contribution >= 4 is 50.5 Å². The van der Waals surface area contributed by atoms with Crippen LogP contribution in [0, 0.1) is 0 Å². The normalized spacial score (nSPS) is 14.9. The summed E-state index contributed by atoms with van der Waals surface area (Å²) in [6.45, 7) is 2.41. The number of hydrogen-bond acceptors (Lipinski definition) is 4. The zero-order valence-corrected chi connectivity index (χ0v) is 17.0. The highest BCUT2D eigenvalue weighted by Crippen LogP contribution is 2.27. The molecule has 1 fully saturated rings. The van der Waals surface area contributed by atoms with Gasteiger partial charge < -0.3 is 9.80 Å². The number of carbonyl (C=O) groups excluding carboxylic acids is 1. The lowest BCUT2D eigenvalue weighted by Gasteiger charge is -2.36. The number of carbonyl (C=O) groups is 1. The Morgan fingerprint density at radius 1 is 1.00 bits per heavy atom. The predicted molar refractivity (Wildman–Crippen MR) is 109 cm³/mol. The second-order valence-corrected chi connectivity index (χ2v) is 8.86. The predicted octanol–water partition coefficient (Wildman–Crippen LogP) is 3.33. The SMILES string of the molecule is CS(=O)(=O)Nc1cc(C(=O)N2CCN(c3ccccc3Cl)CC2)ccc1Cl. The topological polar surface area (TPSA) is 69.7 Å². The molecule has 27 heavy (non-hydrogen) atoms. The van der Waals surface area contributed by atoms with Gasteiger partial charge in [-0.1, -0.05) is 35.3 Å². The van der Waals surface area contributed by atoms with E-state index in [4.69, 9.17) is 23.2 Å². The lowest BCUT2D eigenvalue weighted by Crippen LogP contribution is -2.48. The lowest BCUT2D eigenvalue weighted by atomic mass is 10.1. The van der Waals surface area contributed by atoms with Crippen molar-refractivity contribution in [2.24, 2.45) is 0 Å². The van der Waals surface area contributed by atoms with Crippen LogP contribution < -0.4 is 9.62 Å². The van der Waals surface area contributed by atoms with E-state index >= 15 is 0 Å². The molecule has 2 aromatic carbocycles. The maximum atomic E-state index is 12.8. The van der Waals surface area contributed by atoms with Crippen LogP contribution in [0.2, 0.25) is 10.0 Å². The molecule has 1 aliphatic rings. The summed E-state index contributed by atoms with van der Waals surface area (Å²) in [6, 6.07) is 12.2. The highest BCUT2D eigenvalue weighted by molar-refractivity contribution is 7.92. The summed E-state index contributed by atoms with van der Waals surface area (Å²) >= 11 is 12.3. The average Bonchev–Trinajstić information content (AvgIpc) is 2.62. The van der Waals surface area contributed by atoms with Crippen molar-refractivity contribution in [3.05, 3.63) is 58.1 Å². The molecule has 1 heterocycles. The molecule has 0 unspecified atom stereocenters. The van der Waals surface area contributed by atoms with Gasteiger partial charge in [0.2, 0.25) is 10.0 Å². The highest BCUT2D eigenvalue weighted by atomic mass is 35.5. The standard InChI is InChI=1S/C18H19Cl2N3O3S/c1-27(25,26)21-16-12-13(6-7-14(16)19)18(24)23-10-8-22(9-11-23)17-5-3-2-4-15(17)20/h2-7,12,21H,8-11H2,1H3. The molecular formula is C18H19Cl2N3O3S. The summed E-state index contributed by atoms with van der Waals surface area (Å²) < 4.78 is 25.2. The Labute approximate surface area is 168 Å². The fourth-order valence-electron chi connectivity index (χ4n) is 2.98. The number of piperazine rings is 1. The summed E-state index contributed by atoms with van der Waals surface area (Å²) in [4.78, 5) is 16.7. The van der Waals surface area contributed by atoms with E-state index in [2.05, 4.69) is 9.62 Å². The summed E-state index contributed by atoms with van der Waals surface area (Å²) in [5.41, 5.74) is 1.54. The van der Waals surface area contributed by atoms with Crippen LogP contribution in [0.15, 0.2) is 42.5 Å². The van der Waals surface area contributed by atoms with Crippen LogP contribution in [0.5, 0.6) is 0 Å². The molecule has 1 saturated heterocycles. The number of amides is 1. The van der Waals surface area contributed by atoms with Crippen molar-refractivity contribution in [3.63, 3.8) is 0 Å². The quantitative estimate of drug-likeness (QED) is 0.811. The minimum absolute atomic E-state index is 0.165. The third-order valence-corrected chi connectivity index (χ3v) is 5.51. The van der Waals surface area contributed by atoms with E-state index < -0.39 is 10.0 Å². The Kier molecular flexibility index (Phi) is 5.83. The molecule has 0 saturated carbocycles. The van der Waals surface area contributed by atoms with E-state index in [0.717, 1.165) is 11.9 Å². The Bertz CT molecular complexity index is 958. The van der Waals surface area contributed by atoms with Gasteiger partial charge in [-0.2, -0.15) is 0 Å². The van der Waals surface area contributed by atoms with Gasteiger partial charge in [0, 0.05) is 31.7 Å². The maximum absolute atomic E-state index is 12.8. The number of rotatable bonds is 4. The van der Waals surface area contributed by atoms with Gasteiger partial charge in [-0.3, -0.25) is 9.52 Å². The molecule has 2 aromatic rings. The molecule has 1 N–H and O–H groups in total. The Hall–Kier alpha value is -1.96. The summed E-state index contributed by atoms with van der Waals surface area (Å²) in [5, 5.41) is 0.923. The van der Waals surface area contributed by atoms with E-state index in [1.54, 1.807) is 11.0 Å². The molecule has 3 rings (SSSR count). The molecule has 0 aliphatic carbocycles. The largest absolute Gasteiger partial charge is 0.367 e. The first-order valence-electron chi connectivity index (χ1n) is 8.31. The number of anilines is 2. The number of hydrogen-bond donors (Lipinski definition) is 1. The molecule has 0 spiro atoms. The fourth-order valence-corrected chi connectivity index (χ4v) is 4.02. The molecule has 144 valence electrons. The van der Waals surface area contributed by atoms with Crippen LogP contribution in [0.3, 0.4) is 0 Å². The first-order chi connectivity index (χ1) is 12.7. The number of para-hydroxylation sites is 1. The number of sulfonamides is 1. The molecule has 0 aromatic heterocycles. The average molecular weight is 428 g/mol. The molecule has 0 bridgehead atoms. The van der Waals surface area contributed by atoms with Gasteiger partial charge in [0.25, 0.3) is 5.91 Å². The smallest absolute Gasteiger partial charge is 0.254 e. The summed E-state index contributed by atoms with van der Waals surface area (Å²) in [6.07, 6.45) is 1.03. The number of nitrogens with one attached hydrogen (secondary N) is 1. The summed E-state index contributed by atoms with van der Waals surface area (Å²) in [5.74, 6) is -0.165. The Balaban J connectivity index is 1.71. The third kappa shape index (κ3) is 4.86. The van der Waals surface area contributed by atoms with Crippen LogP contribution in [-0.4, -0.2) is 51.7 Å². The second kappa shape index (κ2) is 7.96. The van der Waals surface area contributed by atoms with Crippen LogP contribution in [0.4, 0.5) is 11.4 Å². The summed E-state index contributed by atoms with van der Waals surface area (Å²) in [7, 11) is -3.49. The zero-order chi connectivity index (χ0) is 19.6.